The minimum atomic E-state index is 1.12. The van der Waals surface area contributed by atoms with Crippen LogP contribution in [0.2, 0.25) is 0 Å². The molecule has 0 unspecified atom stereocenters. The minimum absolute atomic E-state index is 1.12. The SMILES string of the molecule is C=C(C)c1ccc(/C=C/CCC)cc1.CCC.Cc1ccc(C)c(C)c1. The summed E-state index contributed by atoms with van der Waals surface area (Å²) in [6.07, 6.45) is 8.00. The van der Waals surface area contributed by atoms with E-state index in [1.807, 2.05) is 6.92 Å². The molecule has 0 bridgehead atoms. The van der Waals surface area contributed by atoms with E-state index in [1.165, 1.54) is 40.7 Å². The Bertz CT molecular complexity index is 657. The van der Waals surface area contributed by atoms with Gasteiger partial charge in [-0.25, -0.2) is 0 Å². The second-order valence-electron chi connectivity index (χ2n) is 6.89. The fourth-order valence-corrected chi connectivity index (χ4v) is 2.16. The van der Waals surface area contributed by atoms with Crippen molar-refractivity contribution in [3.8, 4) is 0 Å². The van der Waals surface area contributed by atoms with Crippen LogP contribution in [0, 0.1) is 20.8 Å². The van der Waals surface area contributed by atoms with Gasteiger partial charge in [-0.05, 0) is 56.4 Å². The molecule has 0 atom stereocenters. The van der Waals surface area contributed by atoms with Gasteiger partial charge in [0.05, 0.1) is 0 Å². The normalized spacial score (nSPS) is 9.81. The molecule has 0 fully saturated rings. The fourth-order valence-electron chi connectivity index (χ4n) is 2.16. The molecule has 0 amide bonds. The van der Waals surface area contributed by atoms with Crippen LogP contribution in [0.15, 0.2) is 55.1 Å². The Balaban J connectivity index is 0.000000446. The molecule has 2 aromatic rings. The zero-order valence-corrected chi connectivity index (χ0v) is 18.0. The summed E-state index contributed by atoms with van der Waals surface area (Å²) in [5.74, 6) is 0. The molecule has 0 aliphatic heterocycles. The Morgan fingerprint density at radius 2 is 1.46 bits per heavy atom. The number of benzene rings is 2. The van der Waals surface area contributed by atoms with Crippen LogP contribution in [0.1, 0.15) is 74.8 Å². The van der Waals surface area contributed by atoms with Crippen molar-refractivity contribution < 1.29 is 0 Å². The second-order valence-corrected chi connectivity index (χ2v) is 6.89. The van der Waals surface area contributed by atoms with Crippen molar-refractivity contribution in [1.82, 2.24) is 0 Å². The van der Waals surface area contributed by atoms with Gasteiger partial charge in [-0.15, -0.1) is 0 Å². The van der Waals surface area contributed by atoms with Crippen molar-refractivity contribution in [3.05, 3.63) is 82.9 Å². The lowest BCUT2D eigenvalue weighted by atomic mass is 10.1. The molecule has 0 heterocycles. The van der Waals surface area contributed by atoms with Crippen molar-refractivity contribution in [1.29, 1.82) is 0 Å². The van der Waals surface area contributed by atoms with E-state index in [0.29, 0.717) is 0 Å². The highest BCUT2D eigenvalue weighted by atomic mass is 14.0. The van der Waals surface area contributed by atoms with Gasteiger partial charge in [-0.1, -0.05) is 106 Å². The molecule has 2 aromatic carbocycles. The average molecular weight is 351 g/mol. The molecule has 0 aliphatic carbocycles. The molecule has 0 radical (unpaired) electrons. The largest absolute Gasteiger partial charge is 0.0955 e. The minimum Gasteiger partial charge on any atom is -0.0955 e. The molecule has 0 spiro atoms. The Morgan fingerprint density at radius 1 is 0.885 bits per heavy atom. The molecule has 26 heavy (non-hydrogen) atoms. The summed E-state index contributed by atoms with van der Waals surface area (Å²) in [5, 5.41) is 0. The first-order valence-electron chi connectivity index (χ1n) is 9.81. The van der Waals surface area contributed by atoms with Gasteiger partial charge in [0, 0.05) is 0 Å². The van der Waals surface area contributed by atoms with Gasteiger partial charge >= 0.3 is 0 Å². The maximum absolute atomic E-state index is 3.91. The van der Waals surface area contributed by atoms with Gasteiger partial charge in [0.25, 0.3) is 0 Å². The van der Waals surface area contributed by atoms with Crippen LogP contribution in [0.25, 0.3) is 11.6 Å². The van der Waals surface area contributed by atoms with Crippen molar-refractivity contribution >= 4 is 11.6 Å². The Kier molecular flexibility index (Phi) is 13.0. The zero-order chi connectivity index (χ0) is 19.9. The molecular weight excluding hydrogens is 312 g/mol. The van der Waals surface area contributed by atoms with Crippen molar-refractivity contribution in [2.75, 3.05) is 0 Å². The van der Waals surface area contributed by atoms with Gasteiger partial charge in [-0.3, -0.25) is 0 Å². The third kappa shape index (κ3) is 10.7. The summed E-state index contributed by atoms with van der Waals surface area (Å²) in [4.78, 5) is 0. The lowest BCUT2D eigenvalue weighted by Crippen LogP contribution is -1.79. The van der Waals surface area contributed by atoms with E-state index in [4.69, 9.17) is 0 Å². The van der Waals surface area contributed by atoms with Crippen molar-refractivity contribution in [2.24, 2.45) is 0 Å². The first-order valence-corrected chi connectivity index (χ1v) is 9.81. The standard InChI is InChI=1S/C14H18.C9H12.C3H8/c1-4-5-6-7-13-8-10-14(11-9-13)12(2)3;1-7-4-5-8(2)9(3)6-7;1-3-2/h6-11H,2,4-5H2,1,3H3;4-6H,1-3H3;3H2,1-2H3/b7-6+;;. The van der Waals surface area contributed by atoms with E-state index >= 15 is 0 Å². The van der Waals surface area contributed by atoms with Gasteiger partial charge in [0.1, 0.15) is 0 Å². The van der Waals surface area contributed by atoms with Crippen LogP contribution in [0.5, 0.6) is 0 Å². The zero-order valence-electron chi connectivity index (χ0n) is 18.0. The predicted molar refractivity (Wildman–Crippen MR) is 122 cm³/mol. The first-order chi connectivity index (χ1) is 12.3. The van der Waals surface area contributed by atoms with Crippen molar-refractivity contribution in [2.45, 2.75) is 67.7 Å². The number of allylic oxidation sites excluding steroid dienone is 2. The topological polar surface area (TPSA) is 0 Å². The molecule has 0 N–H and O–H groups in total. The molecule has 2 rings (SSSR count). The van der Waals surface area contributed by atoms with E-state index in [9.17, 15) is 0 Å². The molecule has 0 saturated carbocycles. The maximum Gasteiger partial charge on any atom is -0.0233 e. The summed E-state index contributed by atoms with van der Waals surface area (Å²) in [6, 6.07) is 15.0. The first kappa shape index (κ1) is 23.9. The number of rotatable bonds is 4. The van der Waals surface area contributed by atoms with Gasteiger partial charge in [-0.2, -0.15) is 0 Å². The van der Waals surface area contributed by atoms with Crippen LogP contribution in [-0.2, 0) is 0 Å². The van der Waals surface area contributed by atoms with E-state index in [-0.39, 0.29) is 0 Å². The molecule has 0 saturated heterocycles. The maximum atomic E-state index is 3.91. The number of aryl methyl sites for hydroxylation is 3. The Hall–Kier alpha value is -2.08. The smallest absolute Gasteiger partial charge is 0.0233 e. The fraction of sp³-hybridized carbons (Fsp3) is 0.385. The number of hydrogen-bond donors (Lipinski definition) is 0. The quantitative estimate of drug-likeness (QED) is 0.518. The van der Waals surface area contributed by atoms with Gasteiger partial charge in [0.15, 0.2) is 0 Å². The second kappa shape index (κ2) is 14.1. The lowest BCUT2D eigenvalue weighted by Gasteiger charge is -1.99. The van der Waals surface area contributed by atoms with E-state index in [0.717, 1.165) is 12.0 Å². The third-order valence-corrected chi connectivity index (χ3v) is 3.83. The molecule has 142 valence electrons. The van der Waals surface area contributed by atoms with Crippen LogP contribution < -0.4 is 0 Å². The van der Waals surface area contributed by atoms with Crippen LogP contribution in [-0.4, -0.2) is 0 Å². The highest BCUT2D eigenvalue weighted by Gasteiger charge is 1.91. The average Bonchev–Trinajstić information content (AvgIpc) is 2.60. The Labute approximate surface area is 162 Å². The van der Waals surface area contributed by atoms with E-state index in [2.05, 4.69) is 103 Å². The van der Waals surface area contributed by atoms with Gasteiger partial charge < -0.3 is 0 Å². The highest BCUT2D eigenvalue weighted by Crippen LogP contribution is 2.13. The monoisotopic (exact) mass is 350 g/mol. The highest BCUT2D eigenvalue weighted by molar-refractivity contribution is 5.63. The van der Waals surface area contributed by atoms with Crippen LogP contribution in [0.4, 0.5) is 0 Å². The molecule has 0 nitrogen and oxygen atoms in total. The summed E-state index contributed by atoms with van der Waals surface area (Å²) in [6.45, 7) is 18.8. The molecule has 0 aliphatic rings. The molecule has 0 aromatic heterocycles. The molecular formula is C26H38. The van der Waals surface area contributed by atoms with Crippen molar-refractivity contribution in [3.63, 3.8) is 0 Å². The third-order valence-electron chi connectivity index (χ3n) is 3.83. The van der Waals surface area contributed by atoms with E-state index in [1.54, 1.807) is 0 Å². The number of unbranched alkanes of at least 4 members (excludes halogenated alkanes) is 1. The van der Waals surface area contributed by atoms with E-state index < -0.39 is 0 Å². The summed E-state index contributed by atoms with van der Waals surface area (Å²) >= 11 is 0. The Morgan fingerprint density at radius 3 is 1.88 bits per heavy atom. The van der Waals surface area contributed by atoms with Crippen LogP contribution in [0.3, 0.4) is 0 Å². The predicted octanol–water partition coefficient (Wildman–Crippen LogP) is 8.56. The number of hydrogen-bond acceptors (Lipinski definition) is 0. The summed E-state index contributed by atoms with van der Waals surface area (Å²) in [7, 11) is 0. The summed E-state index contributed by atoms with van der Waals surface area (Å²) in [5.41, 5.74) is 7.71. The van der Waals surface area contributed by atoms with Crippen LogP contribution >= 0.6 is 0 Å². The molecule has 0 heteroatoms. The summed E-state index contributed by atoms with van der Waals surface area (Å²) < 4.78 is 0. The van der Waals surface area contributed by atoms with Gasteiger partial charge in [0.2, 0.25) is 0 Å². The lowest BCUT2D eigenvalue weighted by molar-refractivity contribution is 0.962.